The maximum Gasteiger partial charge on any atom is 0.337 e. The number of fused-ring (bicyclic) bond motifs is 1. The zero-order chi connectivity index (χ0) is 16.4. The summed E-state index contributed by atoms with van der Waals surface area (Å²) in [6, 6.07) is 9.78. The fourth-order valence-corrected chi connectivity index (χ4v) is 3.35. The molecule has 3 rings (SSSR count). The molecule has 1 amide bonds. The number of aliphatic hydroxyl groups excluding tert-OH is 1. The van der Waals surface area contributed by atoms with Crippen LogP contribution < -0.4 is 0 Å². The lowest BCUT2D eigenvalue weighted by Gasteiger charge is -2.40. The van der Waals surface area contributed by atoms with Crippen molar-refractivity contribution in [2.45, 2.75) is 37.5 Å². The van der Waals surface area contributed by atoms with Crippen molar-refractivity contribution in [3.05, 3.63) is 47.7 Å². The molecule has 6 heteroatoms. The highest BCUT2D eigenvalue weighted by Crippen LogP contribution is 2.46. The Morgan fingerprint density at radius 1 is 1.39 bits per heavy atom. The van der Waals surface area contributed by atoms with Crippen LogP contribution in [0, 0.1) is 0 Å². The Kier molecular flexibility index (Phi) is 4.09. The molecule has 2 aliphatic heterocycles. The van der Waals surface area contributed by atoms with Crippen molar-refractivity contribution in [2.24, 2.45) is 0 Å². The number of aliphatic hydroxyl groups is 1. The topological polar surface area (TPSA) is 87.1 Å². The number of carboxylic acid groups (broad SMARTS) is 1. The summed E-state index contributed by atoms with van der Waals surface area (Å²) in [7, 11) is 0. The Bertz CT molecular complexity index is 642. The lowest BCUT2D eigenvalue weighted by molar-refractivity contribution is -0.171. The number of benzene rings is 1. The highest BCUT2D eigenvalue weighted by molar-refractivity contribution is 5.94. The fourth-order valence-electron chi connectivity index (χ4n) is 3.35. The van der Waals surface area contributed by atoms with Crippen molar-refractivity contribution in [1.82, 2.24) is 4.90 Å². The number of rotatable bonds is 6. The molecule has 1 aromatic rings. The van der Waals surface area contributed by atoms with E-state index in [4.69, 9.17) is 9.84 Å². The van der Waals surface area contributed by atoms with Crippen molar-refractivity contribution in [1.29, 1.82) is 0 Å². The number of amides is 1. The van der Waals surface area contributed by atoms with Crippen molar-refractivity contribution in [3.8, 4) is 0 Å². The van der Waals surface area contributed by atoms with Gasteiger partial charge in [-0.15, -0.1) is 0 Å². The first kappa shape index (κ1) is 15.6. The average Bonchev–Trinajstić information content (AvgIpc) is 2.78. The number of carbonyl (C=O) groups excluding carboxylic acids is 1. The van der Waals surface area contributed by atoms with Gasteiger partial charge in [0, 0.05) is 0 Å². The molecule has 0 saturated carbocycles. The van der Waals surface area contributed by atoms with Gasteiger partial charge in [0.05, 0.1) is 13.0 Å². The number of nitrogens with zero attached hydrogens (tertiary/aromatic N) is 1. The molecule has 23 heavy (non-hydrogen) atoms. The number of β-lactam (4-membered cyclic amide) rings is 1. The predicted molar refractivity (Wildman–Crippen MR) is 81.3 cm³/mol. The van der Waals surface area contributed by atoms with Crippen LogP contribution in [0.1, 0.15) is 24.8 Å². The number of aliphatic carboxylic acids is 1. The highest BCUT2D eigenvalue weighted by Gasteiger charge is 2.64. The van der Waals surface area contributed by atoms with E-state index in [1.165, 1.54) is 11.0 Å². The van der Waals surface area contributed by atoms with Gasteiger partial charge in [0.25, 0.3) is 0 Å². The second kappa shape index (κ2) is 6.04. The van der Waals surface area contributed by atoms with Gasteiger partial charge in [-0.2, -0.15) is 0 Å². The Hall–Kier alpha value is -2.34. The minimum absolute atomic E-state index is 0.177. The molecule has 2 atom stereocenters. The monoisotopic (exact) mass is 317 g/mol. The van der Waals surface area contributed by atoms with Gasteiger partial charge in [0.1, 0.15) is 5.76 Å². The Balaban J connectivity index is 1.81. The summed E-state index contributed by atoms with van der Waals surface area (Å²) in [5.41, 5.74) is -0.372. The van der Waals surface area contributed by atoms with Crippen LogP contribution >= 0.6 is 0 Å². The largest absolute Gasteiger partial charge is 0.479 e. The molecule has 2 heterocycles. The number of hydrogen-bond donors (Lipinski definition) is 2. The number of carboxylic acids is 1. The third-order valence-electron chi connectivity index (χ3n) is 4.47. The molecular weight excluding hydrogens is 298 g/mol. The third kappa shape index (κ3) is 2.49. The quantitative estimate of drug-likeness (QED) is 0.772. The van der Waals surface area contributed by atoms with E-state index in [-0.39, 0.29) is 31.1 Å². The van der Waals surface area contributed by atoms with E-state index in [0.717, 1.165) is 12.0 Å². The Morgan fingerprint density at radius 2 is 2.13 bits per heavy atom. The van der Waals surface area contributed by atoms with Gasteiger partial charge in [-0.3, -0.25) is 9.69 Å². The van der Waals surface area contributed by atoms with Crippen LogP contribution in [0.15, 0.2) is 42.2 Å². The summed E-state index contributed by atoms with van der Waals surface area (Å²) < 4.78 is 5.58. The minimum Gasteiger partial charge on any atom is -0.479 e. The van der Waals surface area contributed by atoms with E-state index in [1.54, 1.807) is 0 Å². The lowest BCUT2D eigenvalue weighted by Crippen LogP contribution is -2.62. The molecule has 0 unspecified atom stereocenters. The summed E-state index contributed by atoms with van der Waals surface area (Å²) in [5, 5.41) is 19.0. The SMILES string of the molecule is O=C1C[C@H]2O/C(=C\CO)[C@](CCCc3ccccc3)(C(=O)O)N12. The highest BCUT2D eigenvalue weighted by atomic mass is 16.5. The molecule has 1 aromatic carbocycles. The molecule has 0 aliphatic carbocycles. The van der Waals surface area contributed by atoms with Crippen LogP contribution in [0.3, 0.4) is 0 Å². The normalized spacial score (nSPS) is 27.5. The molecule has 2 aliphatic rings. The van der Waals surface area contributed by atoms with Gasteiger partial charge in [0.15, 0.2) is 6.23 Å². The van der Waals surface area contributed by atoms with Gasteiger partial charge >= 0.3 is 5.97 Å². The van der Waals surface area contributed by atoms with E-state index in [2.05, 4.69) is 0 Å². The zero-order valence-corrected chi connectivity index (χ0v) is 12.6. The zero-order valence-electron chi connectivity index (χ0n) is 12.6. The van der Waals surface area contributed by atoms with Gasteiger partial charge in [-0.25, -0.2) is 4.79 Å². The van der Waals surface area contributed by atoms with Crippen molar-refractivity contribution >= 4 is 11.9 Å². The predicted octanol–water partition coefficient (Wildman–Crippen LogP) is 1.30. The van der Waals surface area contributed by atoms with Crippen LogP contribution in [0.5, 0.6) is 0 Å². The van der Waals surface area contributed by atoms with Crippen molar-refractivity contribution in [3.63, 3.8) is 0 Å². The van der Waals surface area contributed by atoms with Crippen LogP contribution in [0.2, 0.25) is 0 Å². The molecule has 2 saturated heterocycles. The van der Waals surface area contributed by atoms with E-state index in [0.29, 0.717) is 6.42 Å². The smallest absolute Gasteiger partial charge is 0.337 e. The van der Waals surface area contributed by atoms with Crippen molar-refractivity contribution < 1.29 is 24.5 Å². The third-order valence-corrected chi connectivity index (χ3v) is 4.47. The summed E-state index contributed by atoms with van der Waals surface area (Å²) in [4.78, 5) is 25.2. The molecule has 122 valence electrons. The molecule has 0 radical (unpaired) electrons. The molecule has 2 N–H and O–H groups in total. The Labute approximate surface area is 134 Å². The first-order valence-electron chi connectivity index (χ1n) is 7.67. The van der Waals surface area contributed by atoms with Gasteiger partial charge in [-0.05, 0) is 30.9 Å². The summed E-state index contributed by atoms with van der Waals surface area (Å²) in [6.07, 6.45) is 2.59. The fraction of sp³-hybridized carbons (Fsp3) is 0.412. The first-order chi connectivity index (χ1) is 11.1. The van der Waals surface area contributed by atoms with Crippen LogP contribution in [-0.2, 0) is 20.7 Å². The van der Waals surface area contributed by atoms with E-state index in [9.17, 15) is 14.7 Å². The van der Waals surface area contributed by atoms with E-state index in [1.807, 2.05) is 30.3 Å². The second-order valence-corrected chi connectivity index (χ2v) is 5.80. The molecule has 2 fully saturated rings. The molecule has 0 bridgehead atoms. The number of hydrogen-bond acceptors (Lipinski definition) is 4. The Morgan fingerprint density at radius 3 is 2.74 bits per heavy atom. The minimum atomic E-state index is -1.49. The second-order valence-electron chi connectivity index (χ2n) is 5.80. The summed E-state index contributed by atoms with van der Waals surface area (Å²) in [5.74, 6) is -1.16. The first-order valence-corrected chi connectivity index (χ1v) is 7.67. The van der Waals surface area contributed by atoms with E-state index < -0.39 is 17.7 Å². The maximum absolute atomic E-state index is 12.0. The molecule has 0 spiro atoms. The van der Waals surface area contributed by atoms with Crippen LogP contribution in [0.4, 0.5) is 0 Å². The summed E-state index contributed by atoms with van der Waals surface area (Å²) in [6.45, 7) is -0.322. The van der Waals surface area contributed by atoms with Crippen LogP contribution in [-0.4, -0.2) is 45.4 Å². The van der Waals surface area contributed by atoms with Crippen molar-refractivity contribution in [2.75, 3.05) is 6.61 Å². The van der Waals surface area contributed by atoms with Gasteiger partial charge in [-0.1, -0.05) is 30.3 Å². The van der Waals surface area contributed by atoms with E-state index >= 15 is 0 Å². The number of ether oxygens (including phenoxy) is 1. The molecule has 6 nitrogen and oxygen atoms in total. The number of aryl methyl sites for hydroxylation is 1. The summed E-state index contributed by atoms with van der Waals surface area (Å²) >= 11 is 0. The van der Waals surface area contributed by atoms with Crippen LogP contribution in [0.25, 0.3) is 0 Å². The van der Waals surface area contributed by atoms with Gasteiger partial charge < -0.3 is 14.9 Å². The standard InChI is InChI=1S/C17H19NO5/c19-10-8-13-17(16(21)22,18-14(20)11-15(18)23-13)9-4-7-12-5-2-1-3-6-12/h1-3,5-6,8,15,19H,4,7,9-11H2,(H,21,22)/b13-8-/t15-,17-/m1/s1. The lowest BCUT2D eigenvalue weighted by atomic mass is 9.86. The molecular formula is C17H19NO5. The van der Waals surface area contributed by atoms with Gasteiger partial charge in [0.2, 0.25) is 11.4 Å². The number of carbonyl (C=O) groups is 2. The maximum atomic E-state index is 12.0. The average molecular weight is 317 g/mol. The molecule has 0 aromatic heterocycles.